The van der Waals surface area contributed by atoms with Crippen LogP contribution in [0, 0.1) is 11.3 Å². The predicted molar refractivity (Wildman–Crippen MR) is 203 cm³/mol. The number of hydrogen-bond acceptors (Lipinski definition) is 4. The molecule has 0 N–H and O–H groups in total. The molecule has 9 rings (SSSR count). The van der Waals surface area contributed by atoms with E-state index in [-0.39, 0.29) is 5.41 Å². The molecular weight excluding hydrogens is 627 g/mol. The van der Waals surface area contributed by atoms with Crippen LogP contribution in [0.25, 0.3) is 28.0 Å². The van der Waals surface area contributed by atoms with E-state index < -0.39 is 5.60 Å². The van der Waals surface area contributed by atoms with E-state index >= 15 is 0 Å². The number of rotatable bonds is 6. The SMILES string of the molecule is CC1(C)c2cc(C#N)ccc2-c2c1c1c(c3ccccc23)OC(C2=CC=C(Oc3ccccc3)CC2)(c2ccc(Oc3ccccc3)cc2)C=C1. The molecule has 0 spiro atoms. The molecule has 51 heavy (non-hydrogen) atoms. The van der Waals surface area contributed by atoms with Crippen LogP contribution in [0.4, 0.5) is 0 Å². The summed E-state index contributed by atoms with van der Waals surface area (Å²) in [5.74, 6) is 4.17. The zero-order valence-corrected chi connectivity index (χ0v) is 28.5. The van der Waals surface area contributed by atoms with E-state index in [4.69, 9.17) is 14.2 Å². The zero-order chi connectivity index (χ0) is 34.6. The largest absolute Gasteiger partial charge is 0.473 e. The molecular formula is C47H35NO3. The van der Waals surface area contributed by atoms with Crippen LogP contribution in [0.5, 0.6) is 23.0 Å². The highest BCUT2D eigenvalue weighted by Crippen LogP contribution is 2.58. The van der Waals surface area contributed by atoms with E-state index in [2.05, 4.69) is 92.8 Å². The van der Waals surface area contributed by atoms with Gasteiger partial charge < -0.3 is 14.2 Å². The zero-order valence-electron chi connectivity index (χ0n) is 28.5. The molecule has 2 aliphatic carbocycles. The highest BCUT2D eigenvalue weighted by Gasteiger charge is 2.45. The van der Waals surface area contributed by atoms with E-state index in [0.29, 0.717) is 5.56 Å². The molecule has 1 aliphatic heterocycles. The van der Waals surface area contributed by atoms with Crippen molar-refractivity contribution in [2.24, 2.45) is 0 Å². The van der Waals surface area contributed by atoms with Gasteiger partial charge in [-0.1, -0.05) is 105 Å². The van der Waals surface area contributed by atoms with Gasteiger partial charge in [0.1, 0.15) is 28.8 Å². The van der Waals surface area contributed by atoms with Crippen molar-refractivity contribution in [3.8, 4) is 40.2 Å². The molecule has 1 atom stereocenters. The van der Waals surface area contributed by atoms with Crippen molar-refractivity contribution in [3.05, 3.63) is 185 Å². The second kappa shape index (κ2) is 11.9. The fourth-order valence-electron chi connectivity index (χ4n) is 8.07. The Morgan fingerprint density at radius 2 is 1.35 bits per heavy atom. The Labute approximate surface area is 298 Å². The van der Waals surface area contributed by atoms with Crippen LogP contribution >= 0.6 is 0 Å². The summed E-state index contributed by atoms with van der Waals surface area (Å²) in [5, 5.41) is 12.0. The van der Waals surface area contributed by atoms with Crippen LogP contribution in [0.2, 0.25) is 0 Å². The molecule has 0 saturated heterocycles. The number of hydrogen-bond donors (Lipinski definition) is 0. The smallest absolute Gasteiger partial charge is 0.174 e. The molecule has 1 heterocycles. The van der Waals surface area contributed by atoms with Crippen molar-refractivity contribution < 1.29 is 14.2 Å². The molecule has 246 valence electrons. The van der Waals surface area contributed by atoms with Gasteiger partial charge in [0.2, 0.25) is 0 Å². The summed E-state index contributed by atoms with van der Waals surface area (Å²) in [5.41, 5.74) is 7.51. The highest BCUT2D eigenvalue weighted by atomic mass is 16.5. The van der Waals surface area contributed by atoms with E-state index in [9.17, 15) is 5.26 Å². The maximum Gasteiger partial charge on any atom is 0.174 e. The minimum atomic E-state index is -0.867. The average Bonchev–Trinajstić information content (AvgIpc) is 3.42. The Morgan fingerprint density at radius 3 is 2.04 bits per heavy atom. The number of benzene rings is 6. The number of ether oxygens (including phenoxy) is 3. The topological polar surface area (TPSA) is 51.5 Å². The van der Waals surface area contributed by atoms with Crippen molar-refractivity contribution in [2.45, 2.75) is 37.7 Å². The van der Waals surface area contributed by atoms with Gasteiger partial charge in [0, 0.05) is 28.3 Å². The number of nitrogens with zero attached hydrogens (tertiary/aromatic N) is 1. The summed E-state index contributed by atoms with van der Waals surface area (Å²) < 4.78 is 20.0. The molecule has 1 unspecified atom stereocenters. The summed E-state index contributed by atoms with van der Waals surface area (Å²) in [7, 11) is 0. The van der Waals surface area contributed by atoms with Gasteiger partial charge in [-0.15, -0.1) is 0 Å². The minimum Gasteiger partial charge on any atom is -0.473 e. The Morgan fingerprint density at radius 1 is 0.686 bits per heavy atom. The Bertz CT molecular complexity index is 2470. The molecule has 3 aliphatic rings. The number of allylic oxidation sites excluding steroid dienone is 3. The Hall–Kier alpha value is -6.31. The predicted octanol–water partition coefficient (Wildman–Crippen LogP) is 11.8. The van der Waals surface area contributed by atoms with Crippen molar-refractivity contribution in [2.75, 3.05) is 0 Å². The monoisotopic (exact) mass is 661 g/mol. The highest BCUT2D eigenvalue weighted by molar-refractivity contribution is 6.08. The van der Waals surface area contributed by atoms with Gasteiger partial charge in [0.05, 0.1) is 11.6 Å². The van der Waals surface area contributed by atoms with Gasteiger partial charge >= 0.3 is 0 Å². The van der Waals surface area contributed by atoms with E-state index in [0.717, 1.165) is 69.1 Å². The quantitative estimate of drug-likeness (QED) is 0.178. The van der Waals surface area contributed by atoms with Crippen LogP contribution < -0.4 is 14.2 Å². The van der Waals surface area contributed by atoms with Crippen LogP contribution in [0.1, 0.15) is 54.5 Å². The summed E-state index contributed by atoms with van der Waals surface area (Å²) in [6.45, 7) is 4.52. The normalized spacial score (nSPS) is 18.0. The lowest BCUT2D eigenvalue weighted by Crippen LogP contribution is -2.36. The lowest BCUT2D eigenvalue weighted by Gasteiger charge is -2.40. The molecule has 0 amide bonds. The number of para-hydroxylation sites is 2. The summed E-state index contributed by atoms with van der Waals surface area (Å²) in [6, 6.07) is 45.1. The van der Waals surface area contributed by atoms with Gasteiger partial charge in [0.25, 0.3) is 0 Å². The van der Waals surface area contributed by atoms with Crippen LogP contribution in [-0.4, -0.2) is 0 Å². The second-order valence-corrected chi connectivity index (χ2v) is 13.9. The molecule has 4 heteroatoms. The molecule has 0 bridgehead atoms. The van der Waals surface area contributed by atoms with Gasteiger partial charge in [-0.25, -0.2) is 0 Å². The van der Waals surface area contributed by atoms with Crippen molar-refractivity contribution in [1.82, 2.24) is 0 Å². The Balaban J connectivity index is 1.20. The van der Waals surface area contributed by atoms with Gasteiger partial charge in [-0.2, -0.15) is 5.26 Å². The first-order valence-electron chi connectivity index (χ1n) is 17.4. The van der Waals surface area contributed by atoms with Gasteiger partial charge in [-0.05, 0) is 100 Å². The molecule has 0 fully saturated rings. The van der Waals surface area contributed by atoms with Crippen LogP contribution in [0.15, 0.2) is 157 Å². The van der Waals surface area contributed by atoms with Crippen molar-refractivity contribution in [1.29, 1.82) is 5.26 Å². The van der Waals surface area contributed by atoms with Gasteiger partial charge in [-0.3, -0.25) is 0 Å². The second-order valence-electron chi connectivity index (χ2n) is 13.9. The third-order valence-corrected chi connectivity index (χ3v) is 10.5. The first-order valence-corrected chi connectivity index (χ1v) is 17.4. The molecule has 4 nitrogen and oxygen atoms in total. The van der Waals surface area contributed by atoms with Crippen molar-refractivity contribution >= 4 is 16.8 Å². The first-order chi connectivity index (χ1) is 24.9. The molecule has 6 aromatic rings. The summed E-state index contributed by atoms with van der Waals surface area (Å²) in [4.78, 5) is 0. The summed E-state index contributed by atoms with van der Waals surface area (Å²) in [6.07, 6.45) is 10.3. The number of nitriles is 1. The standard InChI is InChI=1S/C47H35NO3/c1-46(2)42-29-31(30-48)17-26-40(42)43-38-15-9-10-16-39(38)45-41(44(43)46)27-28-47(51-45,32-18-22-36(23-19-32)49-34-11-5-3-6-12-34)33-20-24-37(25-21-33)50-35-13-7-4-8-14-35/h3-20,22-24,26-29H,21,25H2,1-2H3. The van der Waals surface area contributed by atoms with E-state index in [1.807, 2.05) is 78.9 Å². The summed E-state index contributed by atoms with van der Waals surface area (Å²) >= 11 is 0. The minimum absolute atomic E-state index is 0.341. The van der Waals surface area contributed by atoms with Crippen LogP contribution in [-0.2, 0) is 11.0 Å². The Kier molecular flexibility index (Phi) is 7.19. The van der Waals surface area contributed by atoms with E-state index in [1.54, 1.807) is 0 Å². The molecule has 0 saturated carbocycles. The maximum atomic E-state index is 9.78. The fourth-order valence-corrected chi connectivity index (χ4v) is 8.07. The average molecular weight is 662 g/mol. The molecule has 0 radical (unpaired) electrons. The lowest BCUT2D eigenvalue weighted by atomic mass is 9.75. The van der Waals surface area contributed by atoms with Gasteiger partial charge in [0.15, 0.2) is 5.60 Å². The lowest BCUT2D eigenvalue weighted by molar-refractivity contribution is 0.153. The molecule has 0 aromatic heterocycles. The maximum absolute atomic E-state index is 9.78. The first kappa shape index (κ1) is 30.7. The van der Waals surface area contributed by atoms with E-state index in [1.165, 1.54) is 22.3 Å². The third kappa shape index (κ3) is 5.04. The third-order valence-electron chi connectivity index (χ3n) is 10.5. The number of fused-ring (bicyclic) bond motifs is 8. The molecule has 6 aromatic carbocycles. The fraction of sp³-hybridized carbons (Fsp3) is 0.128. The van der Waals surface area contributed by atoms with Crippen LogP contribution in [0.3, 0.4) is 0 Å². The van der Waals surface area contributed by atoms with Crippen molar-refractivity contribution in [3.63, 3.8) is 0 Å².